The van der Waals surface area contributed by atoms with Crippen LogP contribution in [0.4, 0.5) is 9.52 Å². The first-order chi connectivity index (χ1) is 17.8. The number of hydrogen-bond acceptors (Lipinski definition) is 8. The number of anilines is 1. The summed E-state index contributed by atoms with van der Waals surface area (Å²) in [6.45, 7) is 7.28. The number of aryl methyl sites for hydroxylation is 1. The summed E-state index contributed by atoms with van der Waals surface area (Å²) >= 11 is 0.908. The summed E-state index contributed by atoms with van der Waals surface area (Å²) in [6.07, 6.45) is 1.57. The number of halogens is 1. The maximum atomic E-state index is 13.5. The molecule has 190 valence electrons. The number of Topliss-reactive ketones (excluding diaryl/α,β-unsaturated/α-hetero) is 1. The van der Waals surface area contributed by atoms with E-state index in [9.17, 15) is 23.9 Å². The van der Waals surface area contributed by atoms with Gasteiger partial charge < -0.3 is 14.6 Å². The Hall–Kier alpha value is -4.31. The van der Waals surface area contributed by atoms with Gasteiger partial charge in [0.15, 0.2) is 5.13 Å². The minimum absolute atomic E-state index is 0.0863. The second-order valence-corrected chi connectivity index (χ2v) is 8.96. The number of ether oxygens (including phenoxy) is 2. The van der Waals surface area contributed by atoms with E-state index >= 15 is 0 Å². The van der Waals surface area contributed by atoms with E-state index < -0.39 is 35.3 Å². The van der Waals surface area contributed by atoms with Crippen molar-refractivity contribution in [3.8, 4) is 5.75 Å². The third-order valence-electron chi connectivity index (χ3n) is 5.56. The van der Waals surface area contributed by atoms with Crippen LogP contribution in [-0.4, -0.2) is 41.0 Å². The number of hydrogen-bond donors (Lipinski definition) is 1. The van der Waals surface area contributed by atoms with Gasteiger partial charge >= 0.3 is 11.9 Å². The predicted octanol–water partition coefficient (Wildman–Crippen LogP) is 4.96. The summed E-state index contributed by atoms with van der Waals surface area (Å²) in [5, 5.41) is 11.2. The molecule has 2 aromatic carbocycles. The molecule has 4 rings (SSSR count). The molecule has 1 amide bonds. The van der Waals surface area contributed by atoms with Crippen LogP contribution in [0.15, 0.2) is 66.8 Å². The molecule has 1 saturated heterocycles. The summed E-state index contributed by atoms with van der Waals surface area (Å²) in [5.74, 6) is -3.02. The number of ketones is 1. The van der Waals surface area contributed by atoms with Gasteiger partial charge in [0.25, 0.3) is 5.78 Å². The molecule has 0 aliphatic carbocycles. The van der Waals surface area contributed by atoms with Crippen LogP contribution in [-0.2, 0) is 14.3 Å². The summed E-state index contributed by atoms with van der Waals surface area (Å²) in [6, 6.07) is 10.5. The molecule has 1 aliphatic rings. The Morgan fingerprint density at radius 3 is 2.65 bits per heavy atom. The van der Waals surface area contributed by atoms with Crippen molar-refractivity contribution in [1.29, 1.82) is 0 Å². The van der Waals surface area contributed by atoms with Crippen LogP contribution in [0.25, 0.3) is 5.76 Å². The van der Waals surface area contributed by atoms with Crippen LogP contribution in [0, 0.1) is 12.7 Å². The first-order valence-electron chi connectivity index (χ1n) is 11.3. The van der Waals surface area contributed by atoms with Crippen LogP contribution in [0.3, 0.4) is 0 Å². The van der Waals surface area contributed by atoms with Crippen molar-refractivity contribution in [3.05, 3.63) is 94.3 Å². The molecule has 0 bridgehead atoms. The molecule has 1 unspecified atom stereocenters. The Labute approximate surface area is 216 Å². The highest BCUT2D eigenvalue weighted by atomic mass is 32.1. The van der Waals surface area contributed by atoms with Crippen LogP contribution < -0.4 is 9.64 Å². The zero-order chi connectivity index (χ0) is 26.7. The molecule has 37 heavy (non-hydrogen) atoms. The number of aromatic nitrogens is 1. The maximum absolute atomic E-state index is 13.5. The van der Waals surface area contributed by atoms with E-state index in [0.29, 0.717) is 17.0 Å². The minimum atomic E-state index is -1.10. The van der Waals surface area contributed by atoms with E-state index in [1.54, 1.807) is 44.2 Å². The molecule has 1 aliphatic heterocycles. The number of carbonyl (C=O) groups excluding carboxylic acids is 3. The fourth-order valence-corrected chi connectivity index (χ4v) is 4.90. The summed E-state index contributed by atoms with van der Waals surface area (Å²) in [5.41, 5.74) is 0.740. The van der Waals surface area contributed by atoms with Gasteiger partial charge in [-0.3, -0.25) is 14.5 Å². The zero-order valence-corrected chi connectivity index (χ0v) is 20.9. The van der Waals surface area contributed by atoms with Gasteiger partial charge in [-0.1, -0.05) is 36.1 Å². The monoisotopic (exact) mass is 522 g/mol. The standard InChI is InChI=1S/C27H23FN2O6S/c1-4-13-36-19-8-6-7-17(14-19)21-20(22(31)16-9-11-18(28)12-10-16)23(32)25(33)30(21)27-29-15(3)24(37-27)26(34)35-5-2/h4,6-12,14,21,31H,1,5,13H2,2-3H3. The van der Waals surface area contributed by atoms with Crippen molar-refractivity contribution >= 4 is 39.9 Å². The van der Waals surface area contributed by atoms with Crippen LogP contribution >= 0.6 is 11.3 Å². The van der Waals surface area contributed by atoms with Gasteiger partial charge in [0, 0.05) is 5.56 Å². The van der Waals surface area contributed by atoms with Crippen molar-refractivity contribution in [2.75, 3.05) is 18.1 Å². The lowest BCUT2D eigenvalue weighted by Crippen LogP contribution is -2.29. The van der Waals surface area contributed by atoms with Gasteiger partial charge in [-0.05, 0) is 55.8 Å². The van der Waals surface area contributed by atoms with Crippen LogP contribution in [0.2, 0.25) is 0 Å². The number of nitrogens with zero attached hydrogens (tertiary/aromatic N) is 2. The smallest absolute Gasteiger partial charge is 0.350 e. The Morgan fingerprint density at radius 1 is 1.24 bits per heavy atom. The first-order valence-corrected chi connectivity index (χ1v) is 12.1. The van der Waals surface area contributed by atoms with Gasteiger partial charge in [-0.2, -0.15) is 0 Å². The van der Waals surface area contributed by atoms with Crippen LogP contribution in [0.5, 0.6) is 5.75 Å². The maximum Gasteiger partial charge on any atom is 0.350 e. The van der Waals surface area contributed by atoms with Gasteiger partial charge in [0.1, 0.15) is 28.8 Å². The van der Waals surface area contributed by atoms with Crippen molar-refractivity contribution in [3.63, 3.8) is 0 Å². The van der Waals surface area contributed by atoms with Crippen molar-refractivity contribution < 1.29 is 33.4 Å². The lowest BCUT2D eigenvalue weighted by atomic mass is 9.95. The van der Waals surface area contributed by atoms with E-state index in [1.807, 2.05) is 0 Å². The summed E-state index contributed by atoms with van der Waals surface area (Å²) < 4.78 is 24.2. The number of esters is 1. The molecular formula is C27H23FN2O6S. The molecule has 1 N–H and O–H groups in total. The molecule has 10 heteroatoms. The molecule has 8 nitrogen and oxygen atoms in total. The second-order valence-electron chi connectivity index (χ2n) is 7.98. The fourth-order valence-electron chi connectivity index (χ4n) is 3.91. The Morgan fingerprint density at radius 2 is 1.97 bits per heavy atom. The average Bonchev–Trinajstić information content (AvgIpc) is 3.40. The average molecular weight is 523 g/mol. The SMILES string of the molecule is C=CCOc1cccc(C2C(=C(O)c3ccc(F)cc3)C(=O)C(=O)N2c2nc(C)c(C(=O)OCC)s2)c1. The molecule has 0 radical (unpaired) electrons. The molecule has 1 fully saturated rings. The first kappa shape index (κ1) is 25.8. The Balaban J connectivity index is 1.90. The fraction of sp³-hybridized carbons (Fsp3) is 0.185. The molecular weight excluding hydrogens is 499 g/mol. The van der Waals surface area contributed by atoms with E-state index in [-0.39, 0.29) is 34.4 Å². The highest BCUT2D eigenvalue weighted by Gasteiger charge is 2.48. The largest absolute Gasteiger partial charge is 0.507 e. The number of amides is 1. The minimum Gasteiger partial charge on any atom is -0.507 e. The third kappa shape index (κ3) is 5.01. The number of carbonyl (C=O) groups is 3. The van der Waals surface area contributed by atoms with E-state index in [0.717, 1.165) is 28.4 Å². The molecule has 0 spiro atoms. The van der Waals surface area contributed by atoms with Gasteiger partial charge in [0.05, 0.1) is 23.9 Å². The van der Waals surface area contributed by atoms with E-state index in [2.05, 4.69) is 11.6 Å². The molecule has 3 aromatic rings. The highest BCUT2D eigenvalue weighted by molar-refractivity contribution is 7.17. The second kappa shape index (κ2) is 10.8. The van der Waals surface area contributed by atoms with E-state index in [4.69, 9.17) is 9.47 Å². The van der Waals surface area contributed by atoms with Crippen molar-refractivity contribution in [1.82, 2.24) is 4.98 Å². The quantitative estimate of drug-likeness (QED) is 0.147. The lowest BCUT2D eigenvalue weighted by molar-refractivity contribution is -0.132. The van der Waals surface area contributed by atoms with Gasteiger partial charge in [0.2, 0.25) is 0 Å². The predicted molar refractivity (Wildman–Crippen MR) is 136 cm³/mol. The molecule has 0 saturated carbocycles. The Bertz CT molecular complexity index is 1410. The summed E-state index contributed by atoms with van der Waals surface area (Å²) in [4.78, 5) is 44.7. The number of thiazole rings is 1. The van der Waals surface area contributed by atoms with Gasteiger partial charge in [-0.15, -0.1) is 0 Å². The molecule has 2 heterocycles. The molecule has 1 aromatic heterocycles. The lowest BCUT2D eigenvalue weighted by Gasteiger charge is -2.23. The normalized spacial score (nSPS) is 16.6. The van der Waals surface area contributed by atoms with Crippen molar-refractivity contribution in [2.45, 2.75) is 19.9 Å². The van der Waals surface area contributed by atoms with Crippen molar-refractivity contribution in [2.24, 2.45) is 0 Å². The van der Waals surface area contributed by atoms with E-state index in [1.165, 1.54) is 12.1 Å². The number of benzene rings is 2. The summed E-state index contributed by atoms with van der Waals surface area (Å²) in [7, 11) is 0. The Kier molecular flexibility index (Phi) is 7.49. The zero-order valence-electron chi connectivity index (χ0n) is 20.1. The van der Waals surface area contributed by atoms with Crippen LogP contribution in [0.1, 0.15) is 39.5 Å². The van der Waals surface area contributed by atoms with Gasteiger partial charge in [-0.25, -0.2) is 14.2 Å². The number of aliphatic hydroxyl groups excluding tert-OH is 1. The number of rotatable bonds is 8. The third-order valence-corrected chi connectivity index (χ3v) is 6.69. The highest BCUT2D eigenvalue weighted by Crippen LogP contribution is 2.44. The topological polar surface area (TPSA) is 106 Å². The molecule has 1 atom stereocenters. The number of aliphatic hydroxyl groups is 1.